The predicted octanol–water partition coefficient (Wildman–Crippen LogP) is 2.41. The largest absolute Gasteiger partial charge is 0.469 e. The van der Waals surface area contributed by atoms with E-state index in [-0.39, 0.29) is 11.9 Å². The first-order chi connectivity index (χ1) is 10.2. The molecule has 0 aliphatic carbocycles. The van der Waals surface area contributed by atoms with Crippen molar-refractivity contribution in [1.82, 2.24) is 14.7 Å². The molecule has 1 unspecified atom stereocenters. The first-order valence-electron chi connectivity index (χ1n) is 7.53. The van der Waals surface area contributed by atoms with E-state index in [1.165, 1.54) is 0 Å². The summed E-state index contributed by atoms with van der Waals surface area (Å²) in [5.41, 5.74) is 1.16. The van der Waals surface area contributed by atoms with Crippen LogP contribution in [0.1, 0.15) is 30.6 Å². The molecule has 1 saturated heterocycles. The summed E-state index contributed by atoms with van der Waals surface area (Å²) in [6, 6.07) is 4.05. The van der Waals surface area contributed by atoms with E-state index >= 15 is 0 Å². The number of aryl methyl sites for hydroxylation is 2. The fourth-order valence-electron chi connectivity index (χ4n) is 2.97. The van der Waals surface area contributed by atoms with Gasteiger partial charge < -0.3 is 9.32 Å². The van der Waals surface area contributed by atoms with Gasteiger partial charge in [0.1, 0.15) is 5.76 Å². The van der Waals surface area contributed by atoms with Gasteiger partial charge >= 0.3 is 0 Å². The molecule has 3 heterocycles. The van der Waals surface area contributed by atoms with Crippen LogP contribution >= 0.6 is 0 Å². The van der Waals surface area contributed by atoms with Gasteiger partial charge in [-0.2, -0.15) is 5.10 Å². The fourth-order valence-corrected chi connectivity index (χ4v) is 2.97. The number of hydrogen-bond acceptors (Lipinski definition) is 3. The average Bonchev–Trinajstić information content (AvgIpc) is 3.19. The van der Waals surface area contributed by atoms with Gasteiger partial charge in [0.2, 0.25) is 5.91 Å². The molecule has 1 aliphatic heterocycles. The smallest absolute Gasteiger partial charge is 0.223 e. The summed E-state index contributed by atoms with van der Waals surface area (Å²) in [7, 11) is 0. The molecular weight excluding hydrogens is 266 g/mol. The number of amides is 1. The van der Waals surface area contributed by atoms with Gasteiger partial charge in [0, 0.05) is 25.6 Å². The van der Waals surface area contributed by atoms with Gasteiger partial charge in [-0.1, -0.05) is 0 Å². The Kier molecular flexibility index (Phi) is 4.08. The van der Waals surface area contributed by atoms with Gasteiger partial charge in [0.25, 0.3) is 0 Å². The van der Waals surface area contributed by atoms with Crippen LogP contribution in [0.4, 0.5) is 0 Å². The molecule has 2 aromatic rings. The van der Waals surface area contributed by atoms with Crippen molar-refractivity contribution in [3.63, 3.8) is 0 Å². The van der Waals surface area contributed by atoms with Crippen molar-refractivity contribution in [2.45, 2.75) is 45.2 Å². The Labute approximate surface area is 124 Å². The number of carbonyl (C=O) groups excluding carboxylic acids is 1. The van der Waals surface area contributed by atoms with Gasteiger partial charge in [-0.15, -0.1) is 0 Å². The van der Waals surface area contributed by atoms with Crippen molar-refractivity contribution in [3.8, 4) is 0 Å². The van der Waals surface area contributed by atoms with E-state index in [4.69, 9.17) is 4.42 Å². The highest BCUT2D eigenvalue weighted by atomic mass is 16.3. The Morgan fingerprint density at radius 2 is 2.43 bits per heavy atom. The van der Waals surface area contributed by atoms with Crippen LogP contribution in [0.25, 0.3) is 0 Å². The van der Waals surface area contributed by atoms with Gasteiger partial charge in [-0.25, -0.2) is 0 Å². The van der Waals surface area contributed by atoms with E-state index in [1.54, 1.807) is 6.26 Å². The van der Waals surface area contributed by atoms with Gasteiger partial charge in [0.05, 0.1) is 25.0 Å². The Morgan fingerprint density at radius 1 is 1.52 bits per heavy atom. The summed E-state index contributed by atoms with van der Waals surface area (Å²) in [6.45, 7) is 3.69. The molecular formula is C16H21N3O2. The van der Waals surface area contributed by atoms with Crippen molar-refractivity contribution in [1.29, 1.82) is 0 Å². The van der Waals surface area contributed by atoms with Crippen molar-refractivity contribution in [3.05, 3.63) is 42.1 Å². The molecule has 0 spiro atoms. The molecule has 21 heavy (non-hydrogen) atoms. The minimum atomic E-state index is 0.220. The molecule has 0 bridgehead atoms. The van der Waals surface area contributed by atoms with Gasteiger partial charge in [0.15, 0.2) is 0 Å². The van der Waals surface area contributed by atoms with Crippen molar-refractivity contribution in [2.24, 2.45) is 0 Å². The summed E-state index contributed by atoms with van der Waals surface area (Å²) >= 11 is 0. The fraction of sp³-hybridized carbons (Fsp3) is 0.500. The van der Waals surface area contributed by atoms with E-state index < -0.39 is 0 Å². The van der Waals surface area contributed by atoms with E-state index in [0.29, 0.717) is 12.8 Å². The third-order valence-corrected chi connectivity index (χ3v) is 4.02. The van der Waals surface area contributed by atoms with Crippen LogP contribution in [0.5, 0.6) is 0 Å². The second-order valence-electron chi connectivity index (χ2n) is 5.70. The van der Waals surface area contributed by atoms with Crippen molar-refractivity contribution in [2.75, 3.05) is 6.54 Å². The summed E-state index contributed by atoms with van der Waals surface area (Å²) in [5.74, 6) is 1.10. The van der Waals surface area contributed by atoms with Crippen LogP contribution in [-0.2, 0) is 17.8 Å². The zero-order chi connectivity index (χ0) is 14.7. The third-order valence-electron chi connectivity index (χ3n) is 4.02. The lowest BCUT2D eigenvalue weighted by atomic mass is 10.2. The maximum atomic E-state index is 12.4. The van der Waals surface area contributed by atoms with E-state index in [2.05, 4.69) is 5.10 Å². The summed E-state index contributed by atoms with van der Waals surface area (Å²) in [6.07, 6.45) is 8.88. The van der Waals surface area contributed by atoms with E-state index in [1.807, 2.05) is 41.0 Å². The maximum absolute atomic E-state index is 12.4. The molecule has 1 amide bonds. The monoisotopic (exact) mass is 287 g/mol. The second kappa shape index (κ2) is 6.16. The highest BCUT2D eigenvalue weighted by Gasteiger charge is 2.28. The molecule has 1 fully saturated rings. The highest BCUT2D eigenvalue weighted by Crippen LogP contribution is 2.20. The quantitative estimate of drug-likeness (QED) is 0.848. The minimum absolute atomic E-state index is 0.220. The van der Waals surface area contributed by atoms with E-state index in [9.17, 15) is 4.79 Å². The van der Waals surface area contributed by atoms with Gasteiger partial charge in [-0.3, -0.25) is 9.48 Å². The molecule has 5 nitrogen and oxygen atoms in total. The topological polar surface area (TPSA) is 51.3 Å². The van der Waals surface area contributed by atoms with Crippen molar-refractivity contribution < 1.29 is 9.21 Å². The van der Waals surface area contributed by atoms with Crippen LogP contribution in [-0.4, -0.2) is 33.2 Å². The van der Waals surface area contributed by atoms with Crippen LogP contribution < -0.4 is 0 Å². The lowest BCUT2D eigenvalue weighted by Crippen LogP contribution is -2.38. The molecule has 112 valence electrons. The third kappa shape index (κ3) is 3.35. The first-order valence-corrected chi connectivity index (χ1v) is 7.53. The maximum Gasteiger partial charge on any atom is 0.223 e. The number of aromatic nitrogens is 2. The predicted molar refractivity (Wildman–Crippen MR) is 78.7 cm³/mol. The van der Waals surface area contributed by atoms with Crippen LogP contribution in [0.15, 0.2) is 35.2 Å². The Morgan fingerprint density at radius 3 is 3.14 bits per heavy atom. The first kappa shape index (κ1) is 13.9. The molecule has 0 radical (unpaired) electrons. The lowest BCUT2D eigenvalue weighted by Gasteiger charge is -2.24. The van der Waals surface area contributed by atoms with E-state index in [0.717, 1.165) is 37.3 Å². The van der Waals surface area contributed by atoms with Gasteiger partial charge in [-0.05, 0) is 37.5 Å². The molecule has 5 heteroatoms. The molecule has 1 atom stereocenters. The normalized spacial score (nSPS) is 18.3. The minimum Gasteiger partial charge on any atom is -0.469 e. The lowest BCUT2D eigenvalue weighted by molar-refractivity contribution is -0.132. The van der Waals surface area contributed by atoms with Crippen molar-refractivity contribution >= 4 is 5.91 Å². The Balaban J connectivity index is 1.56. The summed E-state index contributed by atoms with van der Waals surface area (Å²) < 4.78 is 7.23. The van der Waals surface area contributed by atoms with Crippen LogP contribution in [0.2, 0.25) is 0 Å². The zero-order valence-corrected chi connectivity index (χ0v) is 12.4. The number of rotatable bonds is 5. The number of nitrogens with zero attached hydrogens (tertiary/aromatic N) is 3. The average molecular weight is 287 g/mol. The zero-order valence-electron chi connectivity index (χ0n) is 12.4. The summed E-state index contributed by atoms with van der Waals surface area (Å²) in [5, 5.41) is 4.32. The van der Waals surface area contributed by atoms with Crippen LogP contribution in [0.3, 0.4) is 0 Å². The molecule has 3 rings (SSSR count). The molecule has 0 saturated carbocycles. The SMILES string of the molecule is Cc1cnn(CC2CCCN2C(=O)CCc2ccco2)c1. The van der Waals surface area contributed by atoms with Crippen LogP contribution in [0, 0.1) is 6.92 Å². The molecule has 0 aromatic carbocycles. The number of likely N-dealkylation sites (tertiary alicyclic amines) is 1. The number of hydrogen-bond donors (Lipinski definition) is 0. The summed E-state index contributed by atoms with van der Waals surface area (Å²) in [4.78, 5) is 14.4. The highest BCUT2D eigenvalue weighted by molar-refractivity contribution is 5.77. The number of carbonyl (C=O) groups is 1. The second-order valence-corrected chi connectivity index (χ2v) is 5.70. The molecule has 0 N–H and O–H groups in total. The molecule has 1 aliphatic rings. The Hall–Kier alpha value is -2.04. The standard InChI is InChI=1S/C16H21N3O2/c1-13-10-17-18(11-13)12-14-4-2-8-19(14)16(20)7-6-15-5-3-9-21-15/h3,5,9-11,14H,2,4,6-8,12H2,1H3. The number of furan rings is 1. The molecule has 2 aromatic heterocycles. The Bertz CT molecular complexity index is 588.